The van der Waals surface area contributed by atoms with Crippen LogP contribution in [0.1, 0.15) is 29.3 Å². The van der Waals surface area contributed by atoms with Crippen molar-refractivity contribution in [1.82, 2.24) is 24.2 Å². The van der Waals surface area contributed by atoms with Crippen LogP contribution >= 0.6 is 0 Å². The van der Waals surface area contributed by atoms with E-state index in [1.54, 1.807) is 20.2 Å². The summed E-state index contributed by atoms with van der Waals surface area (Å²) in [6.45, 7) is 4.95. The summed E-state index contributed by atoms with van der Waals surface area (Å²) in [6.07, 6.45) is 3.22. The molecule has 0 radical (unpaired) electrons. The molecule has 0 saturated carbocycles. The Balaban J connectivity index is 1.46. The Hall–Kier alpha value is -2.52. The Morgan fingerprint density at radius 2 is 2.00 bits per heavy atom. The molecule has 28 heavy (non-hydrogen) atoms. The minimum Gasteiger partial charge on any atom is -0.360 e. The lowest BCUT2D eigenvalue weighted by molar-refractivity contribution is 0.389. The zero-order valence-corrected chi connectivity index (χ0v) is 16.8. The van der Waals surface area contributed by atoms with Crippen molar-refractivity contribution in [3.8, 4) is 0 Å². The molecular formula is C19H23N5O3S. The van der Waals surface area contributed by atoms with Gasteiger partial charge in [0, 0.05) is 19.5 Å². The third-order valence-corrected chi connectivity index (χ3v) is 7.29. The summed E-state index contributed by atoms with van der Waals surface area (Å²) in [5, 5.41) is 12.1. The molecule has 1 fully saturated rings. The van der Waals surface area contributed by atoms with E-state index < -0.39 is 10.0 Å². The fraction of sp³-hybridized carbons (Fsp3) is 0.421. The molecular weight excluding hydrogens is 378 g/mol. The fourth-order valence-corrected chi connectivity index (χ4v) is 5.58. The molecule has 3 heterocycles. The third-order valence-electron chi connectivity index (χ3n) is 5.18. The molecule has 1 aromatic carbocycles. The molecule has 0 aliphatic carbocycles. The highest BCUT2D eigenvalue weighted by molar-refractivity contribution is 7.89. The maximum atomic E-state index is 13.0. The number of rotatable bonds is 6. The average molecular weight is 401 g/mol. The van der Waals surface area contributed by atoms with Gasteiger partial charge in [-0.25, -0.2) is 8.42 Å². The number of hydrogen-bond acceptors (Lipinski definition) is 6. The minimum absolute atomic E-state index is 0.195. The first-order valence-corrected chi connectivity index (χ1v) is 10.7. The minimum atomic E-state index is -3.59. The van der Waals surface area contributed by atoms with E-state index in [0.717, 1.165) is 12.2 Å². The topological polar surface area (TPSA) is 94.1 Å². The largest absolute Gasteiger partial charge is 0.360 e. The average Bonchev–Trinajstić information content (AvgIpc) is 3.38. The summed E-state index contributed by atoms with van der Waals surface area (Å²) in [7, 11) is -3.59. The van der Waals surface area contributed by atoms with E-state index in [4.69, 9.17) is 4.52 Å². The first-order valence-electron chi connectivity index (χ1n) is 9.29. The molecule has 0 amide bonds. The molecule has 148 valence electrons. The molecule has 3 aromatic rings. The number of hydrogen-bond donors (Lipinski definition) is 0. The summed E-state index contributed by atoms with van der Waals surface area (Å²) < 4.78 is 34.6. The van der Waals surface area contributed by atoms with Gasteiger partial charge in [-0.15, -0.1) is 10.2 Å². The molecule has 1 atom stereocenters. The Kier molecular flexibility index (Phi) is 5.03. The molecule has 0 bridgehead atoms. The van der Waals surface area contributed by atoms with Crippen molar-refractivity contribution in [2.75, 3.05) is 13.1 Å². The number of aromatic nitrogens is 4. The van der Waals surface area contributed by atoms with Crippen LogP contribution in [0.4, 0.5) is 0 Å². The molecule has 4 rings (SSSR count). The van der Waals surface area contributed by atoms with Crippen LogP contribution in [0.15, 0.2) is 46.1 Å². The van der Waals surface area contributed by atoms with Gasteiger partial charge in [0.15, 0.2) is 5.76 Å². The number of nitrogens with zero attached hydrogens (tertiary/aromatic N) is 5. The lowest BCUT2D eigenvalue weighted by atomic mass is 10.0. The van der Waals surface area contributed by atoms with Crippen molar-refractivity contribution in [1.29, 1.82) is 0 Å². The smallest absolute Gasteiger partial charge is 0.248 e. The molecule has 1 aliphatic heterocycles. The second kappa shape index (κ2) is 7.48. The summed E-state index contributed by atoms with van der Waals surface area (Å²) in [4.78, 5) is 0.195. The Morgan fingerprint density at radius 1 is 1.21 bits per heavy atom. The van der Waals surface area contributed by atoms with Crippen molar-refractivity contribution in [2.24, 2.45) is 5.92 Å². The van der Waals surface area contributed by atoms with Crippen LogP contribution in [0, 0.1) is 19.8 Å². The molecule has 8 nitrogen and oxygen atoms in total. The molecule has 9 heteroatoms. The lowest BCUT2D eigenvalue weighted by Gasteiger charge is -2.16. The highest BCUT2D eigenvalue weighted by Gasteiger charge is 2.36. The van der Waals surface area contributed by atoms with Crippen molar-refractivity contribution in [3.05, 3.63) is 59.5 Å². The zero-order chi connectivity index (χ0) is 19.7. The fourth-order valence-electron chi connectivity index (χ4n) is 3.76. The van der Waals surface area contributed by atoms with Gasteiger partial charge < -0.3 is 9.09 Å². The highest BCUT2D eigenvalue weighted by Crippen LogP contribution is 2.29. The van der Waals surface area contributed by atoms with Crippen LogP contribution in [0.5, 0.6) is 0 Å². The quantitative estimate of drug-likeness (QED) is 0.628. The van der Waals surface area contributed by atoms with Gasteiger partial charge in [-0.2, -0.15) is 4.31 Å². The maximum absolute atomic E-state index is 13.0. The Bertz CT molecular complexity index is 1040. The molecule has 1 unspecified atom stereocenters. The summed E-state index contributed by atoms with van der Waals surface area (Å²) >= 11 is 0. The van der Waals surface area contributed by atoms with E-state index >= 15 is 0 Å². The SMILES string of the molecule is Cc1noc(C)c1S(=O)(=O)N1CCC(Cc2nncn2Cc2ccccc2)C1. The second-order valence-corrected chi connectivity index (χ2v) is 9.11. The molecule has 1 aliphatic rings. The van der Waals surface area contributed by atoms with Crippen LogP contribution in [0.3, 0.4) is 0 Å². The molecule has 0 spiro atoms. The van der Waals surface area contributed by atoms with Crippen LogP contribution in [0.25, 0.3) is 0 Å². The summed E-state index contributed by atoms with van der Waals surface area (Å²) in [5.41, 5.74) is 1.58. The molecule has 2 aromatic heterocycles. The van der Waals surface area contributed by atoms with Gasteiger partial charge in [-0.1, -0.05) is 35.5 Å². The van der Waals surface area contributed by atoms with Gasteiger partial charge in [0.1, 0.15) is 22.7 Å². The van der Waals surface area contributed by atoms with Crippen molar-refractivity contribution in [3.63, 3.8) is 0 Å². The Labute approximate surface area is 164 Å². The zero-order valence-electron chi connectivity index (χ0n) is 15.9. The van der Waals surface area contributed by atoms with E-state index in [9.17, 15) is 8.42 Å². The normalized spacial score (nSPS) is 18.0. The van der Waals surface area contributed by atoms with Gasteiger partial charge in [0.2, 0.25) is 10.0 Å². The number of benzene rings is 1. The highest BCUT2D eigenvalue weighted by atomic mass is 32.2. The predicted molar refractivity (Wildman–Crippen MR) is 102 cm³/mol. The van der Waals surface area contributed by atoms with Gasteiger partial charge in [-0.3, -0.25) is 0 Å². The van der Waals surface area contributed by atoms with Crippen molar-refractivity contribution in [2.45, 2.75) is 38.1 Å². The van der Waals surface area contributed by atoms with Crippen LogP contribution < -0.4 is 0 Å². The first-order chi connectivity index (χ1) is 13.4. The van der Waals surface area contributed by atoms with Crippen molar-refractivity contribution < 1.29 is 12.9 Å². The van der Waals surface area contributed by atoms with Gasteiger partial charge in [0.25, 0.3) is 0 Å². The number of sulfonamides is 1. The first kappa shape index (κ1) is 18.8. The van der Waals surface area contributed by atoms with Crippen LogP contribution in [-0.4, -0.2) is 45.7 Å². The summed E-state index contributed by atoms with van der Waals surface area (Å²) in [5.74, 6) is 1.42. The summed E-state index contributed by atoms with van der Waals surface area (Å²) in [6, 6.07) is 10.1. The second-order valence-electron chi connectivity index (χ2n) is 7.24. The van der Waals surface area contributed by atoms with Gasteiger partial charge in [-0.05, 0) is 31.7 Å². The van der Waals surface area contributed by atoms with Crippen molar-refractivity contribution >= 4 is 10.0 Å². The van der Waals surface area contributed by atoms with Gasteiger partial charge in [0.05, 0.1) is 6.54 Å². The lowest BCUT2D eigenvalue weighted by Crippen LogP contribution is -2.30. The monoisotopic (exact) mass is 401 g/mol. The van der Waals surface area contributed by atoms with Crippen LogP contribution in [-0.2, 0) is 23.0 Å². The van der Waals surface area contributed by atoms with E-state index in [-0.39, 0.29) is 10.8 Å². The van der Waals surface area contributed by atoms with E-state index in [1.807, 2.05) is 22.8 Å². The van der Waals surface area contributed by atoms with E-state index in [0.29, 0.717) is 37.5 Å². The van der Waals surface area contributed by atoms with E-state index in [1.165, 1.54) is 9.87 Å². The van der Waals surface area contributed by atoms with Crippen LogP contribution in [0.2, 0.25) is 0 Å². The number of aryl methyl sites for hydroxylation is 2. The maximum Gasteiger partial charge on any atom is 0.248 e. The Morgan fingerprint density at radius 3 is 2.71 bits per heavy atom. The standard InChI is InChI=1S/C19H23N5O3S/c1-14-19(15(2)27-22-14)28(25,26)24-9-8-17(12-24)10-18-21-20-13-23(18)11-16-6-4-3-5-7-16/h3-7,13,17H,8-12H2,1-2H3. The predicted octanol–water partition coefficient (Wildman–Crippen LogP) is 2.18. The molecule has 0 N–H and O–H groups in total. The third kappa shape index (κ3) is 3.59. The van der Waals surface area contributed by atoms with E-state index in [2.05, 4.69) is 27.5 Å². The van der Waals surface area contributed by atoms with Gasteiger partial charge >= 0.3 is 0 Å². The molecule has 1 saturated heterocycles.